The molecule has 0 bridgehead atoms. The SMILES string of the molecule is CCC(NC(=O)CSc1nc(C)cc(C)n1)(C(=O)O)c1ccccc1. The number of amides is 1. The molecule has 0 aliphatic rings. The highest BCUT2D eigenvalue weighted by Crippen LogP contribution is 2.26. The molecule has 1 unspecified atom stereocenters. The number of nitrogens with one attached hydrogen (secondary N) is 1. The Balaban J connectivity index is 2.13. The minimum Gasteiger partial charge on any atom is -0.479 e. The molecule has 0 saturated heterocycles. The van der Waals surface area contributed by atoms with E-state index in [1.54, 1.807) is 37.3 Å². The van der Waals surface area contributed by atoms with Gasteiger partial charge in [0.05, 0.1) is 5.75 Å². The van der Waals surface area contributed by atoms with Crippen LogP contribution < -0.4 is 5.32 Å². The fraction of sp³-hybridized carbons (Fsp3) is 0.333. The second-order valence-corrected chi connectivity index (χ2v) is 6.64. The van der Waals surface area contributed by atoms with Crippen LogP contribution >= 0.6 is 11.8 Å². The van der Waals surface area contributed by atoms with Gasteiger partial charge in [-0.1, -0.05) is 49.0 Å². The third kappa shape index (κ3) is 4.57. The molecule has 0 saturated carbocycles. The number of carbonyl (C=O) groups excluding carboxylic acids is 1. The molecule has 25 heavy (non-hydrogen) atoms. The number of aryl methyl sites for hydroxylation is 2. The van der Waals surface area contributed by atoms with Gasteiger partial charge in [0.1, 0.15) is 0 Å². The monoisotopic (exact) mass is 359 g/mol. The number of thioether (sulfide) groups is 1. The Morgan fingerprint density at radius 1 is 1.16 bits per heavy atom. The number of hydrogen-bond acceptors (Lipinski definition) is 5. The fourth-order valence-corrected chi connectivity index (χ4v) is 3.33. The van der Waals surface area contributed by atoms with E-state index >= 15 is 0 Å². The molecule has 1 heterocycles. The van der Waals surface area contributed by atoms with Crippen LogP contribution in [-0.4, -0.2) is 32.7 Å². The molecule has 2 rings (SSSR count). The summed E-state index contributed by atoms with van der Waals surface area (Å²) in [6.07, 6.45) is 0.239. The number of carboxylic acid groups (broad SMARTS) is 1. The van der Waals surface area contributed by atoms with E-state index in [4.69, 9.17) is 0 Å². The Morgan fingerprint density at radius 3 is 2.28 bits per heavy atom. The summed E-state index contributed by atoms with van der Waals surface area (Å²) in [6.45, 7) is 5.46. The predicted molar refractivity (Wildman–Crippen MR) is 96.4 cm³/mol. The van der Waals surface area contributed by atoms with Gasteiger partial charge in [0.25, 0.3) is 0 Å². The van der Waals surface area contributed by atoms with Crippen molar-refractivity contribution in [2.45, 2.75) is 37.9 Å². The van der Waals surface area contributed by atoms with E-state index in [1.165, 1.54) is 11.8 Å². The lowest BCUT2D eigenvalue weighted by molar-refractivity contribution is -0.148. The molecule has 1 atom stereocenters. The Labute approximate surface area is 151 Å². The average Bonchev–Trinajstić information content (AvgIpc) is 2.57. The van der Waals surface area contributed by atoms with Crippen LogP contribution in [0, 0.1) is 13.8 Å². The summed E-state index contributed by atoms with van der Waals surface area (Å²) in [5.41, 5.74) is 0.759. The fourth-order valence-electron chi connectivity index (χ4n) is 2.58. The number of benzene rings is 1. The maximum absolute atomic E-state index is 12.4. The van der Waals surface area contributed by atoms with Crippen molar-refractivity contribution >= 4 is 23.6 Å². The van der Waals surface area contributed by atoms with Crippen LogP contribution in [0.1, 0.15) is 30.3 Å². The number of nitrogens with zero attached hydrogens (tertiary/aromatic N) is 2. The van der Waals surface area contributed by atoms with Crippen molar-refractivity contribution in [3.05, 3.63) is 53.3 Å². The van der Waals surface area contributed by atoms with Crippen molar-refractivity contribution in [2.24, 2.45) is 0 Å². The molecule has 1 aromatic heterocycles. The molecular weight excluding hydrogens is 338 g/mol. The molecule has 1 aromatic carbocycles. The first-order chi connectivity index (χ1) is 11.9. The first kappa shape index (κ1) is 18.9. The maximum Gasteiger partial charge on any atom is 0.334 e. The molecule has 7 heteroatoms. The quantitative estimate of drug-likeness (QED) is 0.583. The molecule has 0 radical (unpaired) electrons. The number of hydrogen-bond donors (Lipinski definition) is 2. The molecule has 6 nitrogen and oxygen atoms in total. The van der Waals surface area contributed by atoms with Crippen molar-refractivity contribution in [3.8, 4) is 0 Å². The van der Waals surface area contributed by atoms with E-state index in [2.05, 4.69) is 15.3 Å². The summed E-state index contributed by atoms with van der Waals surface area (Å²) in [5.74, 6) is -1.41. The van der Waals surface area contributed by atoms with Gasteiger partial charge in [-0.25, -0.2) is 14.8 Å². The number of aromatic nitrogens is 2. The van der Waals surface area contributed by atoms with Crippen LogP contribution in [0.4, 0.5) is 0 Å². The standard InChI is InChI=1S/C18H21N3O3S/c1-4-18(16(23)24,14-8-6-5-7-9-14)21-15(22)11-25-17-19-12(2)10-13(3)20-17/h5-10H,4,11H2,1-3H3,(H,21,22)(H,23,24). The summed E-state index contributed by atoms with van der Waals surface area (Å²) in [5, 5.41) is 12.9. The molecule has 2 aromatic rings. The van der Waals surface area contributed by atoms with E-state index < -0.39 is 11.5 Å². The number of carbonyl (C=O) groups is 2. The van der Waals surface area contributed by atoms with Gasteiger partial charge in [0, 0.05) is 11.4 Å². The zero-order valence-electron chi connectivity index (χ0n) is 14.4. The zero-order valence-corrected chi connectivity index (χ0v) is 15.3. The average molecular weight is 359 g/mol. The highest BCUT2D eigenvalue weighted by Gasteiger charge is 2.40. The van der Waals surface area contributed by atoms with Crippen molar-refractivity contribution in [3.63, 3.8) is 0 Å². The lowest BCUT2D eigenvalue weighted by Gasteiger charge is -2.30. The summed E-state index contributed by atoms with van der Waals surface area (Å²) < 4.78 is 0. The Hall–Kier alpha value is -2.41. The van der Waals surface area contributed by atoms with Crippen LogP contribution in [-0.2, 0) is 15.1 Å². The van der Waals surface area contributed by atoms with Crippen molar-refractivity contribution in [1.29, 1.82) is 0 Å². The van der Waals surface area contributed by atoms with E-state index in [9.17, 15) is 14.7 Å². The van der Waals surface area contributed by atoms with Crippen LogP contribution in [0.2, 0.25) is 0 Å². The molecule has 0 spiro atoms. The minimum absolute atomic E-state index is 0.0464. The summed E-state index contributed by atoms with van der Waals surface area (Å²) in [4.78, 5) is 32.8. The maximum atomic E-state index is 12.4. The van der Waals surface area contributed by atoms with Crippen molar-refractivity contribution in [1.82, 2.24) is 15.3 Å². The Bertz CT molecular complexity index is 747. The summed E-state index contributed by atoms with van der Waals surface area (Å²) in [6, 6.07) is 10.6. The third-order valence-electron chi connectivity index (χ3n) is 3.81. The van der Waals surface area contributed by atoms with Crippen LogP contribution in [0.15, 0.2) is 41.6 Å². The van der Waals surface area contributed by atoms with Crippen molar-refractivity contribution < 1.29 is 14.7 Å². The molecule has 132 valence electrons. The molecular formula is C18H21N3O3S. The first-order valence-corrected chi connectivity index (χ1v) is 8.91. The normalized spacial score (nSPS) is 13.1. The third-order valence-corrected chi connectivity index (χ3v) is 4.66. The Kier molecular flexibility index (Phi) is 6.14. The van der Waals surface area contributed by atoms with E-state index in [0.717, 1.165) is 11.4 Å². The van der Waals surface area contributed by atoms with E-state index in [1.807, 2.05) is 19.9 Å². The predicted octanol–water partition coefficient (Wildman–Crippen LogP) is 2.69. The van der Waals surface area contributed by atoms with Gasteiger partial charge in [-0.15, -0.1) is 0 Å². The van der Waals surface area contributed by atoms with Crippen LogP contribution in [0.5, 0.6) is 0 Å². The highest BCUT2D eigenvalue weighted by molar-refractivity contribution is 7.99. The zero-order chi connectivity index (χ0) is 18.4. The molecule has 0 aliphatic carbocycles. The number of carboxylic acids is 1. The van der Waals surface area contributed by atoms with Gasteiger partial charge >= 0.3 is 5.97 Å². The molecule has 0 fully saturated rings. The van der Waals surface area contributed by atoms with Gasteiger partial charge in [-0.2, -0.15) is 0 Å². The lowest BCUT2D eigenvalue weighted by atomic mass is 9.87. The van der Waals surface area contributed by atoms with E-state index in [-0.39, 0.29) is 18.1 Å². The lowest BCUT2D eigenvalue weighted by Crippen LogP contribution is -2.52. The first-order valence-electron chi connectivity index (χ1n) is 7.92. The van der Waals surface area contributed by atoms with Crippen molar-refractivity contribution in [2.75, 3.05) is 5.75 Å². The largest absolute Gasteiger partial charge is 0.479 e. The van der Waals surface area contributed by atoms with Crippen LogP contribution in [0.25, 0.3) is 0 Å². The van der Waals surface area contributed by atoms with Gasteiger partial charge in [-0.05, 0) is 31.9 Å². The topological polar surface area (TPSA) is 92.2 Å². The minimum atomic E-state index is -1.44. The summed E-state index contributed by atoms with van der Waals surface area (Å²) in [7, 11) is 0. The molecule has 2 N–H and O–H groups in total. The van der Waals surface area contributed by atoms with Crippen LogP contribution in [0.3, 0.4) is 0 Å². The molecule has 1 amide bonds. The van der Waals surface area contributed by atoms with Gasteiger partial charge < -0.3 is 10.4 Å². The summed E-state index contributed by atoms with van der Waals surface area (Å²) >= 11 is 1.19. The smallest absolute Gasteiger partial charge is 0.334 e. The van der Waals surface area contributed by atoms with Gasteiger partial charge in [0.2, 0.25) is 5.91 Å². The van der Waals surface area contributed by atoms with Gasteiger partial charge in [-0.3, -0.25) is 4.79 Å². The molecule has 0 aliphatic heterocycles. The van der Waals surface area contributed by atoms with Gasteiger partial charge in [0.15, 0.2) is 10.7 Å². The Morgan fingerprint density at radius 2 is 1.76 bits per heavy atom. The second-order valence-electron chi connectivity index (χ2n) is 5.70. The number of rotatable bonds is 7. The highest BCUT2D eigenvalue weighted by atomic mass is 32.2. The van der Waals surface area contributed by atoms with E-state index in [0.29, 0.717) is 10.7 Å². The number of aliphatic carboxylic acids is 1. The second kappa shape index (κ2) is 8.11.